The summed E-state index contributed by atoms with van der Waals surface area (Å²) in [4.78, 5) is 12.0. The molecule has 6 heteroatoms. The van der Waals surface area contributed by atoms with Crippen molar-refractivity contribution in [3.8, 4) is 0 Å². The van der Waals surface area contributed by atoms with Gasteiger partial charge in [-0.1, -0.05) is 0 Å². The van der Waals surface area contributed by atoms with Gasteiger partial charge in [0, 0.05) is 25.8 Å². The van der Waals surface area contributed by atoms with Crippen molar-refractivity contribution in [3.05, 3.63) is 34.9 Å². The predicted molar refractivity (Wildman–Crippen MR) is 76.6 cm³/mol. The summed E-state index contributed by atoms with van der Waals surface area (Å²) in [6.07, 6.45) is 0.852. The van der Waals surface area contributed by atoms with Crippen LogP contribution in [0.25, 0.3) is 0 Å². The van der Waals surface area contributed by atoms with E-state index < -0.39 is 0 Å². The monoisotopic (exact) mass is 275 g/mol. The summed E-state index contributed by atoms with van der Waals surface area (Å²) >= 11 is 0. The first-order chi connectivity index (χ1) is 9.47. The highest BCUT2D eigenvalue weighted by atomic mass is 16.2. The highest BCUT2D eigenvalue weighted by Gasteiger charge is 2.10. The van der Waals surface area contributed by atoms with E-state index in [9.17, 15) is 4.79 Å². The quantitative estimate of drug-likeness (QED) is 0.838. The molecule has 2 heterocycles. The molecule has 0 saturated carbocycles. The predicted octanol–water partition coefficient (Wildman–Crippen LogP) is 1.36. The Morgan fingerprint density at radius 3 is 2.45 bits per heavy atom. The van der Waals surface area contributed by atoms with E-state index in [0.717, 1.165) is 30.0 Å². The molecule has 0 atom stereocenters. The summed E-state index contributed by atoms with van der Waals surface area (Å²) in [5.74, 6) is -0.0820. The molecule has 0 saturated heterocycles. The highest BCUT2D eigenvalue weighted by molar-refractivity contribution is 5.92. The molecule has 0 bridgehead atoms. The Hall–Kier alpha value is -2.11. The Kier molecular flexibility index (Phi) is 4.22. The number of nitrogens with one attached hydrogen (secondary N) is 1. The topological polar surface area (TPSA) is 64.7 Å². The largest absolute Gasteiger partial charge is 0.351 e. The van der Waals surface area contributed by atoms with Gasteiger partial charge in [-0.25, -0.2) is 0 Å². The Morgan fingerprint density at radius 1 is 1.20 bits per heavy atom. The molecule has 20 heavy (non-hydrogen) atoms. The van der Waals surface area contributed by atoms with Gasteiger partial charge in [-0.05, 0) is 39.3 Å². The van der Waals surface area contributed by atoms with Crippen molar-refractivity contribution >= 4 is 5.91 Å². The Labute approximate surface area is 118 Å². The van der Waals surface area contributed by atoms with Crippen LogP contribution in [0.5, 0.6) is 0 Å². The molecule has 0 spiro atoms. The van der Waals surface area contributed by atoms with E-state index in [1.807, 2.05) is 25.5 Å². The van der Waals surface area contributed by atoms with Crippen LogP contribution in [0.3, 0.4) is 0 Å². The Morgan fingerprint density at radius 2 is 1.90 bits per heavy atom. The zero-order valence-electron chi connectivity index (χ0n) is 12.5. The molecule has 108 valence electrons. The van der Waals surface area contributed by atoms with Gasteiger partial charge in [0.05, 0.1) is 11.4 Å². The zero-order chi connectivity index (χ0) is 14.7. The molecule has 0 aromatic carbocycles. The maximum atomic E-state index is 12.0. The van der Waals surface area contributed by atoms with E-state index >= 15 is 0 Å². The molecular weight excluding hydrogens is 254 g/mol. The summed E-state index contributed by atoms with van der Waals surface area (Å²) < 4.78 is 3.57. The molecule has 2 aromatic rings. The average Bonchev–Trinajstić information content (AvgIpc) is 2.87. The van der Waals surface area contributed by atoms with Gasteiger partial charge in [0.15, 0.2) is 0 Å². The van der Waals surface area contributed by atoms with E-state index in [4.69, 9.17) is 0 Å². The van der Waals surface area contributed by atoms with Crippen molar-refractivity contribution in [2.45, 2.75) is 33.7 Å². The lowest BCUT2D eigenvalue weighted by molar-refractivity contribution is 0.0943. The number of carbonyl (C=O) groups excluding carboxylic acids is 1. The standard InChI is InChI=1S/C14H21N5O/c1-10-8-12(3)19(17-10)7-5-6-15-14(20)13-9-11(2)16-18(13)4/h8-9H,5-7H2,1-4H3,(H,15,20). The Balaban J connectivity index is 1.80. The fourth-order valence-corrected chi connectivity index (χ4v) is 2.25. The molecule has 2 rings (SSSR count). The van der Waals surface area contributed by atoms with Crippen LogP contribution in [-0.2, 0) is 13.6 Å². The van der Waals surface area contributed by atoms with Gasteiger partial charge < -0.3 is 5.32 Å². The van der Waals surface area contributed by atoms with Gasteiger partial charge in [0.25, 0.3) is 5.91 Å². The molecular formula is C14H21N5O. The van der Waals surface area contributed by atoms with Crippen molar-refractivity contribution in [1.29, 1.82) is 0 Å². The summed E-state index contributed by atoms with van der Waals surface area (Å²) in [6, 6.07) is 3.84. The van der Waals surface area contributed by atoms with Gasteiger partial charge in [-0.2, -0.15) is 10.2 Å². The van der Waals surface area contributed by atoms with Crippen LogP contribution < -0.4 is 5.32 Å². The van der Waals surface area contributed by atoms with Gasteiger partial charge in [0.1, 0.15) is 5.69 Å². The molecule has 0 aliphatic carbocycles. The third-order valence-corrected chi connectivity index (χ3v) is 3.17. The van der Waals surface area contributed by atoms with Crippen molar-refractivity contribution in [2.75, 3.05) is 6.54 Å². The van der Waals surface area contributed by atoms with Gasteiger partial charge in [-0.15, -0.1) is 0 Å². The lowest BCUT2D eigenvalue weighted by Crippen LogP contribution is -2.27. The second kappa shape index (κ2) is 5.90. The first-order valence-corrected chi connectivity index (χ1v) is 6.77. The molecule has 1 amide bonds. The highest BCUT2D eigenvalue weighted by Crippen LogP contribution is 2.03. The van der Waals surface area contributed by atoms with Crippen LogP contribution in [-0.4, -0.2) is 32.0 Å². The minimum Gasteiger partial charge on any atom is -0.351 e. The fraction of sp³-hybridized carbons (Fsp3) is 0.500. The molecule has 0 radical (unpaired) electrons. The minimum atomic E-state index is -0.0820. The molecule has 0 unspecified atom stereocenters. The molecule has 0 fully saturated rings. The fourth-order valence-electron chi connectivity index (χ4n) is 2.25. The third kappa shape index (κ3) is 3.26. The van der Waals surface area contributed by atoms with Crippen LogP contribution in [0, 0.1) is 20.8 Å². The minimum absolute atomic E-state index is 0.0820. The van der Waals surface area contributed by atoms with Crippen LogP contribution >= 0.6 is 0 Å². The van der Waals surface area contributed by atoms with E-state index in [-0.39, 0.29) is 5.91 Å². The second-order valence-electron chi connectivity index (χ2n) is 5.05. The normalized spacial score (nSPS) is 10.8. The van der Waals surface area contributed by atoms with E-state index in [1.54, 1.807) is 17.8 Å². The van der Waals surface area contributed by atoms with Gasteiger partial charge >= 0.3 is 0 Å². The molecule has 0 aliphatic heterocycles. The van der Waals surface area contributed by atoms with Crippen LogP contribution in [0.15, 0.2) is 12.1 Å². The first-order valence-electron chi connectivity index (χ1n) is 6.77. The number of rotatable bonds is 5. The maximum absolute atomic E-state index is 12.0. The van der Waals surface area contributed by atoms with E-state index in [0.29, 0.717) is 12.2 Å². The lowest BCUT2D eigenvalue weighted by Gasteiger charge is -2.06. The number of amides is 1. The molecule has 1 N–H and O–H groups in total. The van der Waals surface area contributed by atoms with Crippen molar-refractivity contribution in [3.63, 3.8) is 0 Å². The first kappa shape index (κ1) is 14.3. The smallest absolute Gasteiger partial charge is 0.269 e. The van der Waals surface area contributed by atoms with Crippen LogP contribution in [0.2, 0.25) is 0 Å². The SMILES string of the molecule is Cc1cc(C(=O)NCCCn2nc(C)cc2C)n(C)n1. The number of aryl methyl sites for hydroxylation is 5. The van der Waals surface area contributed by atoms with Crippen LogP contribution in [0.1, 0.15) is 34.0 Å². The summed E-state index contributed by atoms with van der Waals surface area (Å²) in [6.45, 7) is 7.33. The maximum Gasteiger partial charge on any atom is 0.269 e. The summed E-state index contributed by atoms with van der Waals surface area (Å²) in [5.41, 5.74) is 3.61. The summed E-state index contributed by atoms with van der Waals surface area (Å²) in [5, 5.41) is 11.5. The van der Waals surface area contributed by atoms with Gasteiger partial charge in [-0.3, -0.25) is 14.2 Å². The van der Waals surface area contributed by atoms with Crippen LogP contribution in [0.4, 0.5) is 0 Å². The summed E-state index contributed by atoms with van der Waals surface area (Å²) in [7, 11) is 1.78. The molecule has 6 nitrogen and oxygen atoms in total. The van der Waals surface area contributed by atoms with Crippen molar-refractivity contribution < 1.29 is 4.79 Å². The van der Waals surface area contributed by atoms with Crippen molar-refractivity contribution in [1.82, 2.24) is 24.9 Å². The average molecular weight is 275 g/mol. The Bertz CT molecular complexity index is 611. The van der Waals surface area contributed by atoms with Gasteiger partial charge in [0.2, 0.25) is 0 Å². The number of hydrogen-bond acceptors (Lipinski definition) is 3. The number of carbonyl (C=O) groups is 1. The number of aromatic nitrogens is 4. The van der Waals surface area contributed by atoms with Crippen molar-refractivity contribution in [2.24, 2.45) is 7.05 Å². The van der Waals surface area contributed by atoms with E-state index in [2.05, 4.69) is 21.6 Å². The molecule has 2 aromatic heterocycles. The van der Waals surface area contributed by atoms with E-state index in [1.165, 1.54) is 0 Å². The lowest BCUT2D eigenvalue weighted by atomic mass is 10.3. The number of nitrogens with zero attached hydrogens (tertiary/aromatic N) is 4. The number of hydrogen-bond donors (Lipinski definition) is 1. The zero-order valence-corrected chi connectivity index (χ0v) is 12.5. The second-order valence-corrected chi connectivity index (χ2v) is 5.05. The third-order valence-electron chi connectivity index (χ3n) is 3.17. The molecule has 0 aliphatic rings.